The average molecular weight is 325 g/mol. The molecule has 0 spiro atoms. The molecular formula is C17H27NO3S. The number of aryl methyl sites for hydroxylation is 1. The third-order valence-corrected chi connectivity index (χ3v) is 4.43. The quantitative estimate of drug-likeness (QED) is 0.556. The molecule has 1 rings (SSSR count). The zero-order valence-electron chi connectivity index (χ0n) is 14.2. The molecule has 0 unspecified atom stereocenters. The van der Waals surface area contributed by atoms with Crippen LogP contribution in [0.25, 0.3) is 0 Å². The standard InChI is InChI=1S/C17H27NO3S/c1-6-8-9-10-14(19)18-16-15(17(20)21-11(3)4)13(7-2)12(5)22-16/h11H,6-10H2,1-5H3,(H,18,19). The number of esters is 1. The lowest BCUT2D eigenvalue weighted by atomic mass is 10.1. The number of anilines is 1. The summed E-state index contributed by atoms with van der Waals surface area (Å²) in [6.45, 7) is 9.74. The van der Waals surface area contributed by atoms with Gasteiger partial charge < -0.3 is 10.1 Å². The summed E-state index contributed by atoms with van der Waals surface area (Å²) in [4.78, 5) is 25.4. The molecule has 0 saturated heterocycles. The number of rotatable bonds is 8. The molecule has 0 aliphatic carbocycles. The normalized spacial score (nSPS) is 10.8. The number of hydrogen-bond donors (Lipinski definition) is 1. The van der Waals surface area contributed by atoms with Crippen LogP contribution in [-0.2, 0) is 16.0 Å². The number of carbonyl (C=O) groups is 2. The number of thiophene rings is 1. The molecule has 22 heavy (non-hydrogen) atoms. The van der Waals surface area contributed by atoms with E-state index in [1.165, 1.54) is 11.3 Å². The van der Waals surface area contributed by atoms with Gasteiger partial charge in [0.1, 0.15) is 5.00 Å². The molecule has 0 fully saturated rings. The van der Waals surface area contributed by atoms with Gasteiger partial charge in [-0.3, -0.25) is 4.79 Å². The molecule has 0 aliphatic rings. The predicted octanol–water partition coefficient (Wildman–Crippen LogP) is 4.70. The Morgan fingerprint density at radius 2 is 1.91 bits per heavy atom. The van der Waals surface area contributed by atoms with Crippen molar-refractivity contribution in [3.8, 4) is 0 Å². The molecule has 1 aromatic rings. The van der Waals surface area contributed by atoms with Gasteiger partial charge in [-0.1, -0.05) is 26.7 Å². The molecule has 0 bridgehead atoms. The second-order valence-electron chi connectivity index (χ2n) is 5.65. The highest BCUT2D eigenvalue weighted by Gasteiger charge is 2.24. The summed E-state index contributed by atoms with van der Waals surface area (Å²) in [7, 11) is 0. The topological polar surface area (TPSA) is 55.4 Å². The maximum atomic E-state index is 12.3. The van der Waals surface area contributed by atoms with Gasteiger partial charge in [0.15, 0.2) is 0 Å². The Bertz CT molecular complexity index is 520. The molecule has 1 N–H and O–H groups in total. The Labute approximate surface area is 137 Å². The molecule has 5 heteroatoms. The first-order valence-electron chi connectivity index (χ1n) is 8.03. The largest absolute Gasteiger partial charge is 0.459 e. The first kappa shape index (κ1) is 18.7. The molecule has 0 aliphatic heterocycles. The van der Waals surface area contributed by atoms with E-state index in [4.69, 9.17) is 4.74 Å². The summed E-state index contributed by atoms with van der Waals surface area (Å²) in [5.41, 5.74) is 1.50. The zero-order chi connectivity index (χ0) is 16.7. The molecule has 0 aromatic carbocycles. The van der Waals surface area contributed by atoms with Gasteiger partial charge in [-0.05, 0) is 39.2 Å². The minimum atomic E-state index is -0.347. The highest BCUT2D eigenvalue weighted by molar-refractivity contribution is 7.16. The number of nitrogens with one attached hydrogen (secondary N) is 1. The van der Waals surface area contributed by atoms with Gasteiger partial charge in [-0.2, -0.15) is 0 Å². The van der Waals surface area contributed by atoms with Crippen LogP contribution >= 0.6 is 11.3 Å². The van der Waals surface area contributed by atoms with Gasteiger partial charge in [0.2, 0.25) is 5.91 Å². The molecule has 1 aromatic heterocycles. The minimum absolute atomic E-state index is 0.0315. The van der Waals surface area contributed by atoms with Crippen molar-refractivity contribution < 1.29 is 14.3 Å². The summed E-state index contributed by atoms with van der Waals surface area (Å²) in [5.74, 6) is -0.379. The Kier molecular flexibility index (Phi) is 7.59. The van der Waals surface area contributed by atoms with Crippen molar-refractivity contribution in [3.05, 3.63) is 16.0 Å². The van der Waals surface area contributed by atoms with Crippen molar-refractivity contribution >= 4 is 28.2 Å². The van der Waals surface area contributed by atoms with Crippen LogP contribution < -0.4 is 5.32 Å². The first-order valence-corrected chi connectivity index (χ1v) is 8.85. The summed E-state index contributed by atoms with van der Waals surface area (Å²) in [6.07, 6.45) is 4.06. The predicted molar refractivity (Wildman–Crippen MR) is 91.8 cm³/mol. The number of hydrogen-bond acceptors (Lipinski definition) is 4. The van der Waals surface area contributed by atoms with E-state index in [9.17, 15) is 9.59 Å². The summed E-state index contributed by atoms with van der Waals surface area (Å²) >= 11 is 1.46. The van der Waals surface area contributed by atoms with Crippen molar-refractivity contribution in [1.82, 2.24) is 0 Å². The lowest BCUT2D eigenvalue weighted by Gasteiger charge is -2.11. The third-order valence-electron chi connectivity index (χ3n) is 3.37. The van der Waals surface area contributed by atoms with Crippen LogP contribution in [0.3, 0.4) is 0 Å². The second-order valence-corrected chi connectivity index (χ2v) is 6.88. The summed E-state index contributed by atoms with van der Waals surface area (Å²) in [5, 5.41) is 3.52. The van der Waals surface area contributed by atoms with Crippen LogP contribution in [0.4, 0.5) is 5.00 Å². The monoisotopic (exact) mass is 325 g/mol. The average Bonchev–Trinajstić information content (AvgIpc) is 2.73. The van der Waals surface area contributed by atoms with Gasteiger partial charge in [0.25, 0.3) is 0 Å². The lowest BCUT2D eigenvalue weighted by molar-refractivity contribution is -0.116. The molecule has 1 heterocycles. The van der Waals surface area contributed by atoms with Gasteiger partial charge in [-0.25, -0.2) is 4.79 Å². The number of unbranched alkanes of at least 4 members (excludes halogenated alkanes) is 2. The molecule has 0 radical (unpaired) electrons. The number of amides is 1. The third kappa shape index (κ3) is 5.13. The van der Waals surface area contributed by atoms with E-state index < -0.39 is 0 Å². The van der Waals surface area contributed by atoms with Gasteiger partial charge in [-0.15, -0.1) is 11.3 Å². The van der Waals surface area contributed by atoms with E-state index >= 15 is 0 Å². The molecule has 1 amide bonds. The highest BCUT2D eigenvalue weighted by atomic mass is 32.1. The van der Waals surface area contributed by atoms with Crippen LogP contribution in [0.2, 0.25) is 0 Å². The van der Waals surface area contributed by atoms with Gasteiger partial charge in [0, 0.05) is 11.3 Å². The number of ether oxygens (including phenoxy) is 1. The molecule has 0 saturated carbocycles. The van der Waals surface area contributed by atoms with E-state index in [0.29, 0.717) is 17.0 Å². The maximum absolute atomic E-state index is 12.3. The molecular weight excluding hydrogens is 298 g/mol. The maximum Gasteiger partial charge on any atom is 0.341 e. The Hall–Kier alpha value is -1.36. The van der Waals surface area contributed by atoms with Crippen molar-refractivity contribution in [1.29, 1.82) is 0 Å². The fourth-order valence-corrected chi connectivity index (χ4v) is 3.46. The zero-order valence-corrected chi connectivity index (χ0v) is 15.1. The molecule has 4 nitrogen and oxygen atoms in total. The van der Waals surface area contributed by atoms with Gasteiger partial charge >= 0.3 is 5.97 Å². The fourth-order valence-electron chi connectivity index (χ4n) is 2.31. The van der Waals surface area contributed by atoms with Crippen molar-refractivity contribution in [3.63, 3.8) is 0 Å². The van der Waals surface area contributed by atoms with E-state index in [1.54, 1.807) is 0 Å². The van der Waals surface area contributed by atoms with Crippen LogP contribution in [0.15, 0.2) is 0 Å². The number of carbonyl (C=O) groups excluding carboxylic acids is 2. The van der Waals surface area contributed by atoms with Crippen LogP contribution in [-0.4, -0.2) is 18.0 Å². The Morgan fingerprint density at radius 1 is 1.23 bits per heavy atom. The van der Waals surface area contributed by atoms with E-state index in [-0.39, 0.29) is 18.0 Å². The van der Waals surface area contributed by atoms with E-state index in [1.807, 2.05) is 27.7 Å². The lowest BCUT2D eigenvalue weighted by Crippen LogP contribution is -2.17. The SMILES string of the molecule is CCCCCC(=O)Nc1sc(C)c(CC)c1C(=O)OC(C)C. The Morgan fingerprint density at radius 3 is 2.45 bits per heavy atom. The second kappa shape index (κ2) is 8.93. The highest BCUT2D eigenvalue weighted by Crippen LogP contribution is 2.34. The first-order chi connectivity index (χ1) is 10.4. The van der Waals surface area contributed by atoms with Crippen LogP contribution in [0, 0.1) is 6.92 Å². The molecule has 0 atom stereocenters. The summed E-state index contributed by atoms with van der Waals surface area (Å²) < 4.78 is 5.33. The van der Waals surface area contributed by atoms with E-state index in [2.05, 4.69) is 12.2 Å². The van der Waals surface area contributed by atoms with Crippen molar-refractivity contribution in [2.24, 2.45) is 0 Å². The summed E-state index contributed by atoms with van der Waals surface area (Å²) in [6, 6.07) is 0. The molecule has 124 valence electrons. The van der Waals surface area contributed by atoms with Crippen molar-refractivity contribution in [2.45, 2.75) is 72.8 Å². The van der Waals surface area contributed by atoms with E-state index in [0.717, 1.165) is 36.1 Å². The van der Waals surface area contributed by atoms with Crippen LogP contribution in [0.5, 0.6) is 0 Å². The van der Waals surface area contributed by atoms with Gasteiger partial charge in [0.05, 0.1) is 11.7 Å². The minimum Gasteiger partial charge on any atom is -0.459 e. The van der Waals surface area contributed by atoms with Crippen molar-refractivity contribution in [2.75, 3.05) is 5.32 Å². The smallest absolute Gasteiger partial charge is 0.341 e. The van der Waals surface area contributed by atoms with Crippen LogP contribution in [0.1, 0.15) is 74.2 Å². The fraction of sp³-hybridized carbons (Fsp3) is 0.647. The Balaban J connectivity index is 2.94.